The average molecular weight is 368 g/mol. The summed E-state index contributed by atoms with van der Waals surface area (Å²) < 4.78 is 12.3. The van der Waals surface area contributed by atoms with Gasteiger partial charge in [0.25, 0.3) is 0 Å². The van der Waals surface area contributed by atoms with Gasteiger partial charge in [-0.2, -0.15) is 0 Å². The van der Waals surface area contributed by atoms with Gasteiger partial charge >= 0.3 is 5.97 Å². The second-order valence-corrected chi connectivity index (χ2v) is 6.18. The maximum atomic E-state index is 12.1. The summed E-state index contributed by atoms with van der Waals surface area (Å²) in [6.45, 7) is 4.64. The number of fused-ring (bicyclic) bond motifs is 1. The molecule has 0 aliphatic carbocycles. The van der Waals surface area contributed by atoms with E-state index < -0.39 is 5.97 Å². The molecule has 27 heavy (non-hydrogen) atoms. The minimum atomic E-state index is -0.465. The van der Waals surface area contributed by atoms with Crippen LogP contribution < -0.4 is 4.90 Å². The first kappa shape index (κ1) is 17.3. The van der Waals surface area contributed by atoms with E-state index in [4.69, 9.17) is 14.5 Å². The fraction of sp³-hybridized carbons (Fsp3) is 0.316. The molecule has 8 nitrogen and oxygen atoms in total. The second-order valence-electron chi connectivity index (χ2n) is 6.18. The summed E-state index contributed by atoms with van der Waals surface area (Å²) >= 11 is 0. The minimum absolute atomic E-state index is 0.167. The molecule has 0 amide bonds. The van der Waals surface area contributed by atoms with Crippen LogP contribution in [-0.2, 0) is 9.47 Å². The highest BCUT2D eigenvalue weighted by Crippen LogP contribution is 2.27. The molecule has 0 radical (unpaired) electrons. The van der Waals surface area contributed by atoms with Gasteiger partial charge < -0.3 is 23.9 Å². The molecular weight excluding hydrogens is 348 g/mol. The molecule has 4 rings (SSSR count). The van der Waals surface area contributed by atoms with E-state index in [1.54, 1.807) is 41.9 Å². The van der Waals surface area contributed by atoms with Gasteiger partial charge in [0.2, 0.25) is 0 Å². The predicted octanol–water partition coefficient (Wildman–Crippen LogP) is 2.12. The first-order valence-corrected chi connectivity index (χ1v) is 8.84. The van der Waals surface area contributed by atoms with Crippen LogP contribution in [0.2, 0.25) is 0 Å². The summed E-state index contributed by atoms with van der Waals surface area (Å²) in [5.41, 5.74) is 2.27. The van der Waals surface area contributed by atoms with Crippen molar-refractivity contribution in [2.24, 2.45) is 0 Å². The molecule has 1 fully saturated rings. The van der Waals surface area contributed by atoms with E-state index in [1.165, 1.54) is 0 Å². The van der Waals surface area contributed by atoms with Crippen molar-refractivity contribution in [2.45, 2.75) is 6.92 Å². The first-order chi connectivity index (χ1) is 13.2. The van der Waals surface area contributed by atoms with Crippen LogP contribution in [0.4, 0.5) is 5.82 Å². The van der Waals surface area contributed by atoms with Crippen molar-refractivity contribution < 1.29 is 19.4 Å². The van der Waals surface area contributed by atoms with Crippen molar-refractivity contribution >= 4 is 17.4 Å². The maximum Gasteiger partial charge on any atom is 0.358 e. The fourth-order valence-electron chi connectivity index (χ4n) is 3.08. The minimum Gasteiger partial charge on any atom is -0.508 e. The Kier molecular flexibility index (Phi) is 4.64. The Morgan fingerprint density at radius 3 is 2.81 bits per heavy atom. The molecule has 1 aliphatic rings. The van der Waals surface area contributed by atoms with Crippen LogP contribution in [0.15, 0.2) is 36.7 Å². The van der Waals surface area contributed by atoms with Crippen molar-refractivity contribution in [1.29, 1.82) is 0 Å². The van der Waals surface area contributed by atoms with Crippen LogP contribution in [0.25, 0.3) is 16.9 Å². The monoisotopic (exact) mass is 368 g/mol. The molecule has 3 aromatic rings. The van der Waals surface area contributed by atoms with Gasteiger partial charge in [0.1, 0.15) is 5.75 Å². The number of hydrogen-bond donors (Lipinski definition) is 1. The number of aromatic nitrogens is 3. The van der Waals surface area contributed by atoms with E-state index in [0.717, 1.165) is 5.56 Å². The van der Waals surface area contributed by atoms with E-state index in [1.807, 2.05) is 6.07 Å². The van der Waals surface area contributed by atoms with Crippen LogP contribution in [0, 0.1) is 0 Å². The third kappa shape index (κ3) is 3.43. The number of benzene rings is 1. The van der Waals surface area contributed by atoms with Gasteiger partial charge in [-0.1, -0.05) is 12.1 Å². The third-order valence-electron chi connectivity index (χ3n) is 4.36. The molecule has 0 unspecified atom stereocenters. The Balaban J connectivity index is 1.86. The van der Waals surface area contributed by atoms with Gasteiger partial charge in [-0.25, -0.2) is 14.8 Å². The van der Waals surface area contributed by atoms with Crippen LogP contribution in [0.3, 0.4) is 0 Å². The number of nitrogens with zero attached hydrogens (tertiary/aromatic N) is 4. The lowest BCUT2D eigenvalue weighted by Gasteiger charge is -2.28. The van der Waals surface area contributed by atoms with Gasteiger partial charge in [-0.15, -0.1) is 0 Å². The predicted molar refractivity (Wildman–Crippen MR) is 99.1 cm³/mol. The number of aromatic hydroxyl groups is 1. The molecule has 8 heteroatoms. The number of morpholine rings is 1. The number of rotatable bonds is 4. The lowest BCUT2D eigenvalue weighted by Crippen LogP contribution is -2.37. The molecule has 1 aromatic carbocycles. The summed E-state index contributed by atoms with van der Waals surface area (Å²) in [4.78, 5) is 23.4. The SMILES string of the molecule is CCOC(=O)c1cn2cc(-c3cccc(O)c3)nc(N3CCOCC3)c2n1. The maximum absolute atomic E-state index is 12.1. The van der Waals surface area contributed by atoms with Crippen molar-refractivity contribution in [3.8, 4) is 17.0 Å². The van der Waals surface area contributed by atoms with Crippen LogP contribution in [0.1, 0.15) is 17.4 Å². The normalized spacial score (nSPS) is 14.5. The number of phenolic OH excluding ortho intramolecular Hbond substituents is 1. The number of carbonyl (C=O) groups is 1. The molecule has 140 valence electrons. The van der Waals surface area contributed by atoms with Crippen molar-refractivity contribution in [1.82, 2.24) is 14.4 Å². The molecule has 0 spiro atoms. The molecule has 2 aromatic heterocycles. The standard InChI is InChI=1S/C19H20N4O4/c1-2-27-19(25)16-12-23-11-15(13-4-3-5-14(24)10-13)20-17(18(23)21-16)22-6-8-26-9-7-22/h3-5,10-12,24H,2,6-9H2,1H3. The molecule has 3 heterocycles. The topological polar surface area (TPSA) is 89.2 Å². The highest BCUT2D eigenvalue weighted by atomic mass is 16.5. The molecule has 1 aliphatic heterocycles. The van der Waals surface area contributed by atoms with Gasteiger partial charge in [-0.05, 0) is 19.1 Å². The summed E-state index contributed by atoms with van der Waals surface area (Å²) in [5, 5.41) is 9.81. The number of imidazole rings is 1. The Bertz CT molecular complexity index is 979. The van der Waals surface area contributed by atoms with Crippen LogP contribution >= 0.6 is 0 Å². The second kappa shape index (κ2) is 7.24. The summed E-state index contributed by atoms with van der Waals surface area (Å²) in [6, 6.07) is 6.91. The molecule has 0 saturated carbocycles. The van der Waals surface area contributed by atoms with Crippen LogP contribution in [0.5, 0.6) is 5.75 Å². The first-order valence-electron chi connectivity index (χ1n) is 8.84. The zero-order valence-corrected chi connectivity index (χ0v) is 15.0. The Morgan fingerprint density at radius 1 is 1.26 bits per heavy atom. The Morgan fingerprint density at radius 2 is 2.07 bits per heavy atom. The van der Waals surface area contributed by atoms with Crippen molar-refractivity contribution in [3.63, 3.8) is 0 Å². The number of esters is 1. The number of hydrogen-bond acceptors (Lipinski definition) is 7. The van der Waals surface area contributed by atoms with E-state index in [9.17, 15) is 9.90 Å². The summed E-state index contributed by atoms with van der Waals surface area (Å²) in [5.74, 6) is 0.378. The highest BCUT2D eigenvalue weighted by molar-refractivity contribution is 5.89. The largest absolute Gasteiger partial charge is 0.508 e. The molecule has 1 N–H and O–H groups in total. The van der Waals surface area contributed by atoms with Crippen LogP contribution in [-0.4, -0.2) is 58.4 Å². The molecular formula is C19H20N4O4. The smallest absolute Gasteiger partial charge is 0.358 e. The highest BCUT2D eigenvalue weighted by Gasteiger charge is 2.21. The van der Waals surface area contributed by atoms with Crippen molar-refractivity contribution in [3.05, 3.63) is 42.4 Å². The van der Waals surface area contributed by atoms with Crippen molar-refractivity contribution in [2.75, 3.05) is 37.8 Å². The Labute approximate surface area is 156 Å². The number of ether oxygens (including phenoxy) is 2. The molecule has 0 bridgehead atoms. The summed E-state index contributed by atoms with van der Waals surface area (Å²) in [7, 11) is 0. The number of phenols is 1. The number of anilines is 1. The average Bonchev–Trinajstić information content (AvgIpc) is 3.12. The third-order valence-corrected chi connectivity index (χ3v) is 4.36. The van der Waals surface area contributed by atoms with Gasteiger partial charge in [-0.3, -0.25) is 0 Å². The van der Waals surface area contributed by atoms with Gasteiger partial charge in [0.15, 0.2) is 17.2 Å². The Hall–Kier alpha value is -3.13. The molecule has 0 atom stereocenters. The van der Waals surface area contributed by atoms with E-state index in [-0.39, 0.29) is 18.1 Å². The van der Waals surface area contributed by atoms with Gasteiger partial charge in [0.05, 0.1) is 25.5 Å². The summed E-state index contributed by atoms with van der Waals surface area (Å²) in [6.07, 6.45) is 3.44. The van der Waals surface area contributed by atoms with E-state index in [2.05, 4.69) is 9.88 Å². The quantitative estimate of drug-likeness (QED) is 0.706. The van der Waals surface area contributed by atoms with E-state index in [0.29, 0.717) is 43.5 Å². The zero-order chi connectivity index (χ0) is 18.8. The fourth-order valence-corrected chi connectivity index (χ4v) is 3.08. The zero-order valence-electron chi connectivity index (χ0n) is 15.0. The van der Waals surface area contributed by atoms with Gasteiger partial charge in [0, 0.05) is 31.0 Å². The lowest BCUT2D eigenvalue weighted by molar-refractivity contribution is 0.0520. The number of carbonyl (C=O) groups excluding carboxylic acids is 1. The lowest BCUT2D eigenvalue weighted by atomic mass is 10.1. The molecule has 1 saturated heterocycles. The van der Waals surface area contributed by atoms with E-state index >= 15 is 0 Å².